The second-order valence-corrected chi connectivity index (χ2v) is 5.27. The number of carbonyl (C=O) groups is 1. The van der Waals surface area contributed by atoms with Crippen molar-refractivity contribution in [1.82, 2.24) is 15.4 Å². The van der Waals surface area contributed by atoms with Crippen LogP contribution in [0.5, 0.6) is 11.5 Å². The predicted molar refractivity (Wildman–Crippen MR) is 87.1 cm³/mol. The number of fused-ring (bicyclic) bond motifs is 1. The van der Waals surface area contributed by atoms with E-state index in [1.54, 1.807) is 37.3 Å². The Morgan fingerprint density at radius 3 is 2.68 bits per heavy atom. The molecular formula is C16H13N5O4. The van der Waals surface area contributed by atoms with Gasteiger partial charge in [0.2, 0.25) is 6.79 Å². The number of amides is 1. The van der Waals surface area contributed by atoms with Crippen LogP contribution in [-0.2, 0) is 0 Å². The minimum absolute atomic E-state index is 0.164. The summed E-state index contributed by atoms with van der Waals surface area (Å²) in [5.41, 5.74) is 0.936. The summed E-state index contributed by atoms with van der Waals surface area (Å²) in [5, 5.41) is 17.3. The lowest BCUT2D eigenvalue weighted by Crippen LogP contribution is -2.14. The van der Waals surface area contributed by atoms with Crippen molar-refractivity contribution >= 4 is 23.2 Å². The summed E-state index contributed by atoms with van der Waals surface area (Å²) >= 11 is 0. The van der Waals surface area contributed by atoms with Crippen molar-refractivity contribution in [3.05, 3.63) is 47.9 Å². The largest absolute Gasteiger partial charge is 0.454 e. The van der Waals surface area contributed by atoms with E-state index in [1.807, 2.05) is 6.07 Å². The van der Waals surface area contributed by atoms with E-state index < -0.39 is 5.91 Å². The molecule has 1 aliphatic heterocycles. The number of rotatable bonds is 4. The lowest BCUT2D eigenvalue weighted by molar-refractivity contribution is 0.102. The van der Waals surface area contributed by atoms with Crippen LogP contribution in [0, 0.1) is 6.92 Å². The van der Waals surface area contributed by atoms with Gasteiger partial charge in [0.05, 0.1) is 0 Å². The van der Waals surface area contributed by atoms with Crippen LogP contribution in [0.25, 0.3) is 0 Å². The van der Waals surface area contributed by atoms with Crippen LogP contribution < -0.4 is 20.1 Å². The predicted octanol–water partition coefficient (Wildman–Crippen LogP) is 2.50. The minimum Gasteiger partial charge on any atom is -0.454 e. The first-order valence-corrected chi connectivity index (χ1v) is 7.42. The fraction of sp³-hybridized carbons (Fsp3) is 0.125. The van der Waals surface area contributed by atoms with Crippen molar-refractivity contribution in [3.8, 4) is 11.5 Å². The number of carbonyl (C=O) groups excluding carboxylic acids is 1. The Balaban J connectivity index is 1.43. The molecule has 9 nitrogen and oxygen atoms in total. The topological polar surface area (TPSA) is 111 Å². The van der Waals surface area contributed by atoms with E-state index >= 15 is 0 Å². The maximum absolute atomic E-state index is 12.1. The first-order valence-electron chi connectivity index (χ1n) is 7.42. The zero-order valence-corrected chi connectivity index (χ0v) is 13.1. The molecule has 0 saturated heterocycles. The number of hydrogen-bond acceptors (Lipinski definition) is 8. The molecule has 1 amide bonds. The number of nitrogens with one attached hydrogen (secondary N) is 2. The van der Waals surface area contributed by atoms with E-state index in [0.29, 0.717) is 28.9 Å². The molecule has 25 heavy (non-hydrogen) atoms. The van der Waals surface area contributed by atoms with Gasteiger partial charge in [0.15, 0.2) is 28.8 Å². The van der Waals surface area contributed by atoms with Gasteiger partial charge in [0.1, 0.15) is 5.76 Å². The van der Waals surface area contributed by atoms with Crippen molar-refractivity contribution in [2.75, 3.05) is 17.4 Å². The van der Waals surface area contributed by atoms with Gasteiger partial charge >= 0.3 is 0 Å². The number of aromatic nitrogens is 3. The molecule has 1 aliphatic rings. The number of nitrogens with zero attached hydrogens (tertiary/aromatic N) is 3. The molecule has 0 bridgehead atoms. The SMILES string of the molecule is Cc1cc(NC(=O)c2ccc(Nc3ccc4c(c3)OCO4)nn2)no1. The van der Waals surface area contributed by atoms with Crippen LogP contribution in [0.15, 0.2) is 40.9 Å². The standard InChI is InChI=1S/C16H13N5O4/c1-9-6-15(21-25-9)18-16(22)11-3-5-14(20-19-11)17-10-2-4-12-13(7-10)24-8-23-12/h2-7H,8H2,1H3,(H,17,20)(H,18,21,22). The molecule has 1 aromatic carbocycles. The first kappa shape index (κ1) is 14.9. The molecule has 0 spiro atoms. The Bertz CT molecular complexity index is 923. The van der Waals surface area contributed by atoms with Gasteiger partial charge in [-0.25, -0.2) is 0 Å². The summed E-state index contributed by atoms with van der Waals surface area (Å²) < 4.78 is 15.5. The highest BCUT2D eigenvalue weighted by atomic mass is 16.7. The summed E-state index contributed by atoms with van der Waals surface area (Å²) in [7, 11) is 0. The van der Waals surface area contributed by atoms with Gasteiger partial charge in [-0.1, -0.05) is 5.16 Å². The lowest BCUT2D eigenvalue weighted by atomic mass is 10.2. The maximum Gasteiger partial charge on any atom is 0.277 e. The number of benzene rings is 1. The molecule has 0 radical (unpaired) electrons. The van der Waals surface area contributed by atoms with E-state index in [2.05, 4.69) is 26.0 Å². The summed E-state index contributed by atoms with van der Waals surface area (Å²) in [6.45, 7) is 1.95. The highest BCUT2D eigenvalue weighted by Gasteiger charge is 2.14. The van der Waals surface area contributed by atoms with Crippen LogP contribution in [0.4, 0.5) is 17.3 Å². The number of anilines is 3. The average molecular weight is 339 g/mol. The Kier molecular flexibility index (Phi) is 3.65. The second kappa shape index (κ2) is 6.11. The minimum atomic E-state index is -0.421. The van der Waals surface area contributed by atoms with Gasteiger partial charge in [-0.15, -0.1) is 10.2 Å². The number of aryl methyl sites for hydroxylation is 1. The van der Waals surface area contributed by atoms with Gasteiger partial charge < -0.3 is 24.6 Å². The third-order valence-corrected chi connectivity index (χ3v) is 3.41. The lowest BCUT2D eigenvalue weighted by Gasteiger charge is -2.06. The number of ether oxygens (including phenoxy) is 2. The summed E-state index contributed by atoms with van der Waals surface area (Å²) in [6.07, 6.45) is 0. The fourth-order valence-electron chi connectivity index (χ4n) is 2.25. The zero-order valence-electron chi connectivity index (χ0n) is 13.1. The van der Waals surface area contributed by atoms with Crippen molar-refractivity contribution in [2.24, 2.45) is 0 Å². The Labute approximate surface area is 141 Å². The smallest absolute Gasteiger partial charge is 0.277 e. The Morgan fingerprint density at radius 1 is 1.04 bits per heavy atom. The molecular weight excluding hydrogens is 326 g/mol. The molecule has 2 N–H and O–H groups in total. The zero-order chi connectivity index (χ0) is 17.2. The Morgan fingerprint density at radius 2 is 1.92 bits per heavy atom. The van der Waals surface area contributed by atoms with Crippen molar-refractivity contribution in [1.29, 1.82) is 0 Å². The molecule has 4 rings (SSSR count). The van der Waals surface area contributed by atoms with E-state index in [0.717, 1.165) is 5.69 Å². The molecule has 126 valence electrons. The molecule has 0 saturated carbocycles. The third kappa shape index (κ3) is 3.20. The maximum atomic E-state index is 12.1. The van der Waals surface area contributed by atoms with Gasteiger partial charge in [-0.05, 0) is 31.2 Å². The second-order valence-electron chi connectivity index (χ2n) is 5.27. The van der Waals surface area contributed by atoms with E-state index in [1.165, 1.54) is 0 Å². The van der Waals surface area contributed by atoms with E-state index in [-0.39, 0.29) is 12.5 Å². The molecule has 0 fully saturated rings. The van der Waals surface area contributed by atoms with Crippen molar-refractivity contribution in [2.45, 2.75) is 6.92 Å². The van der Waals surface area contributed by atoms with Crippen molar-refractivity contribution < 1.29 is 18.8 Å². The van der Waals surface area contributed by atoms with Crippen LogP contribution in [0.2, 0.25) is 0 Å². The molecule has 0 atom stereocenters. The van der Waals surface area contributed by atoms with E-state index in [9.17, 15) is 4.79 Å². The van der Waals surface area contributed by atoms with Crippen molar-refractivity contribution in [3.63, 3.8) is 0 Å². The average Bonchev–Trinajstić information content (AvgIpc) is 3.24. The Hall–Kier alpha value is -3.62. The van der Waals surface area contributed by atoms with Gasteiger partial charge in [0.25, 0.3) is 5.91 Å². The molecule has 0 unspecified atom stereocenters. The molecule has 3 aromatic rings. The number of hydrogen-bond donors (Lipinski definition) is 2. The van der Waals surface area contributed by atoms with Gasteiger partial charge in [-0.3, -0.25) is 4.79 Å². The van der Waals surface area contributed by atoms with Gasteiger partial charge in [0, 0.05) is 17.8 Å². The highest BCUT2D eigenvalue weighted by Crippen LogP contribution is 2.34. The van der Waals surface area contributed by atoms with E-state index in [4.69, 9.17) is 14.0 Å². The molecule has 0 aliphatic carbocycles. The first-order chi connectivity index (χ1) is 12.2. The quantitative estimate of drug-likeness (QED) is 0.746. The van der Waals surface area contributed by atoms with Gasteiger partial charge in [-0.2, -0.15) is 0 Å². The highest BCUT2D eigenvalue weighted by molar-refractivity contribution is 6.02. The van der Waals surface area contributed by atoms with Crippen LogP contribution in [-0.4, -0.2) is 28.1 Å². The molecule has 3 heterocycles. The van der Waals surface area contributed by atoms with Crippen LogP contribution in [0.3, 0.4) is 0 Å². The molecule has 9 heteroatoms. The normalized spacial score (nSPS) is 12.0. The summed E-state index contributed by atoms with van der Waals surface area (Å²) in [6, 6.07) is 10.3. The summed E-state index contributed by atoms with van der Waals surface area (Å²) in [5.74, 6) is 2.36. The molecule has 2 aromatic heterocycles. The fourth-order valence-corrected chi connectivity index (χ4v) is 2.25. The van der Waals surface area contributed by atoms with Crippen LogP contribution in [0.1, 0.15) is 16.2 Å². The van der Waals surface area contributed by atoms with Crippen LogP contribution >= 0.6 is 0 Å². The third-order valence-electron chi connectivity index (χ3n) is 3.41. The summed E-state index contributed by atoms with van der Waals surface area (Å²) in [4.78, 5) is 12.1. The monoisotopic (exact) mass is 339 g/mol.